The summed E-state index contributed by atoms with van der Waals surface area (Å²) in [7, 11) is 3.01. The molecule has 0 saturated carbocycles. The second-order valence-electron chi connectivity index (χ2n) is 10.9. The van der Waals surface area contributed by atoms with Crippen LogP contribution in [0.5, 0.6) is 11.5 Å². The molecule has 214 valence electrons. The first-order valence-electron chi connectivity index (χ1n) is 13.9. The van der Waals surface area contributed by atoms with E-state index in [4.69, 9.17) is 21.1 Å². The first-order chi connectivity index (χ1) is 20.9. The topological polar surface area (TPSA) is 84.9 Å². The number of hydrogen-bond acceptors (Lipinski definition) is 6. The number of para-hydroxylation sites is 1. The van der Waals surface area contributed by atoms with E-state index in [1.165, 1.54) is 14.2 Å². The molecule has 4 unspecified atom stereocenters. The van der Waals surface area contributed by atoms with Crippen LogP contribution in [-0.4, -0.2) is 42.6 Å². The molecule has 0 aliphatic carbocycles. The van der Waals surface area contributed by atoms with Crippen LogP contribution in [0.15, 0.2) is 97.2 Å². The SMILES string of the molecule is COc1ccc(C(=O)C2C(C(=O)c3ccccc3Cl)N3C=Cc4ccccc4C3C23C(=O)Nc2ccccc23)cc1OC. The third kappa shape index (κ3) is 3.78. The van der Waals surface area contributed by atoms with Crippen LogP contribution >= 0.6 is 11.6 Å². The lowest BCUT2D eigenvalue weighted by atomic mass is 9.62. The van der Waals surface area contributed by atoms with E-state index in [1.54, 1.807) is 42.5 Å². The Morgan fingerprint density at radius 2 is 1.58 bits per heavy atom. The fraction of sp³-hybridized carbons (Fsp3) is 0.171. The second kappa shape index (κ2) is 10.1. The number of benzene rings is 4. The van der Waals surface area contributed by atoms with Crippen molar-refractivity contribution in [2.75, 3.05) is 19.5 Å². The van der Waals surface area contributed by atoms with Crippen LogP contribution in [0.25, 0.3) is 6.08 Å². The fourth-order valence-electron chi connectivity index (χ4n) is 7.16. The van der Waals surface area contributed by atoms with Crippen molar-refractivity contribution in [2.45, 2.75) is 17.5 Å². The molecule has 3 heterocycles. The maximum atomic E-state index is 15.0. The Hall–Kier alpha value is -4.88. The molecule has 7 nitrogen and oxygen atoms in total. The zero-order valence-electron chi connectivity index (χ0n) is 23.4. The quantitative estimate of drug-likeness (QED) is 0.264. The zero-order chi connectivity index (χ0) is 29.9. The lowest BCUT2D eigenvalue weighted by molar-refractivity contribution is -0.122. The average Bonchev–Trinajstić information content (AvgIpc) is 3.52. The van der Waals surface area contributed by atoms with Gasteiger partial charge in [-0.1, -0.05) is 66.2 Å². The summed E-state index contributed by atoms with van der Waals surface area (Å²) in [5.41, 5.74) is 2.22. The van der Waals surface area contributed by atoms with Gasteiger partial charge in [-0.3, -0.25) is 14.4 Å². The minimum atomic E-state index is -1.44. The van der Waals surface area contributed by atoms with Crippen molar-refractivity contribution in [1.82, 2.24) is 4.90 Å². The highest BCUT2D eigenvalue weighted by molar-refractivity contribution is 6.34. The molecule has 0 aromatic heterocycles. The summed E-state index contributed by atoms with van der Waals surface area (Å²) in [6, 6.07) is 25.2. The number of anilines is 1. The van der Waals surface area contributed by atoms with Gasteiger partial charge in [-0.15, -0.1) is 0 Å². The highest BCUT2D eigenvalue weighted by Gasteiger charge is 2.70. The summed E-state index contributed by atoms with van der Waals surface area (Å²) in [6.07, 6.45) is 3.76. The zero-order valence-corrected chi connectivity index (χ0v) is 24.2. The van der Waals surface area contributed by atoms with E-state index < -0.39 is 23.4 Å². The van der Waals surface area contributed by atoms with Crippen molar-refractivity contribution in [3.05, 3.63) is 130 Å². The van der Waals surface area contributed by atoms with Gasteiger partial charge in [0.25, 0.3) is 0 Å². The fourth-order valence-corrected chi connectivity index (χ4v) is 7.39. The summed E-state index contributed by atoms with van der Waals surface area (Å²) in [5.74, 6) is -1.33. The number of ketones is 2. The van der Waals surface area contributed by atoms with Crippen LogP contribution in [0.4, 0.5) is 5.69 Å². The monoisotopic (exact) mass is 590 g/mol. The van der Waals surface area contributed by atoms with E-state index in [1.807, 2.05) is 65.7 Å². The summed E-state index contributed by atoms with van der Waals surface area (Å²) in [6.45, 7) is 0. The van der Waals surface area contributed by atoms with E-state index in [0.717, 1.165) is 11.1 Å². The molecule has 4 atom stereocenters. The number of ether oxygens (including phenoxy) is 2. The standard InChI is InChI=1S/C35H27ClN2O5/c1-42-27-16-15-21(19-28(27)43-2)31(39)29-30(32(40)23-11-5-7-13-25(23)36)38-18-17-20-9-3-4-10-22(20)33(38)35(29)24-12-6-8-14-26(24)37-34(35)41/h3-19,29-30,33H,1-2H3,(H,37,41). The van der Waals surface area contributed by atoms with Crippen LogP contribution in [0.3, 0.4) is 0 Å². The first-order valence-corrected chi connectivity index (χ1v) is 14.3. The second-order valence-corrected chi connectivity index (χ2v) is 11.3. The third-order valence-electron chi connectivity index (χ3n) is 8.93. The van der Waals surface area contributed by atoms with Gasteiger partial charge in [-0.05, 0) is 59.2 Å². The van der Waals surface area contributed by atoms with Gasteiger partial charge in [-0.25, -0.2) is 0 Å². The van der Waals surface area contributed by atoms with Crippen molar-refractivity contribution >= 4 is 40.8 Å². The lowest BCUT2D eigenvalue weighted by Crippen LogP contribution is -2.49. The van der Waals surface area contributed by atoms with Crippen LogP contribution in [-0.2, 0) is 10.2 Å². The summed E-state index contributed by atoms with van der Waals surface area (Å²) in [4.78, 5) is 46.1. The third-order valence-corrected chi connectivity index (χ3v) is 9.26. The van der Waals surface area contributed by atoms with E-state index in [0.29, 0.717) is 28.3 Å². The van der Waals surface area contributed by atoms with Crippen LogP contribution in [0.1, 0.15) is 43.4 Å². The molecule has 3 aliphatic rings. The average molecular weight is 591 g/mol. The number of nitrogens with zero attached hydrogens (tertiary/aromatic N) is 1. The predicted molar refractivity (Wildman–Crippen MR) is 164 cm³/mol. The Bertz CT molecular complexity index is 1850. The maximum Gasteiger partial charge on any atom is 0.238 e. The molecule has 1 saturated heterocycles. The molecule has 0 radical (unpaired) electrons. The molecule has 4 aromatic rings. The van der Waals surface area contributed by atoms with Gasteiger partial charge >= 0.3 is 0 Å². The molecular weight excluding hydrogens is 564 g/mol. The van der Waals surface area contributed by atoms with Crippen molar-refractivity contribution in [3.63, 3.8) is 0 Å². The van der Waals surface area contributed by atoms with Gasteiger partial charge in [0.15, 0.2) is 23.1 Å². The van der Waals surface area contributed by atoms with Gasteiger partial charge in [0.2, 0.25) is 5.91 Å². The predicted octanol–water partition coefficient (Wildman–Crippen LogP) is 6.34. The van der Waals surface area contributed by atoms with E-state index in [9.17, 15) is 9.59 Å². The molecule has 43 heavy (non-hydrogen) atoms. The van der Waals surface area contributed by atoms with Gasteiger partial charge in [-0.2, -0.15) is 0 Å². The molecule has 1 spiro atoms. The van der Waals surface area contributed by atoms with E-state index in [2.05, 4.69) is 5.32 Å². The largest absolute Gasteiger partial charge is 0.493 e. The number of halogens is 1. The highest BCUT2D eigenvalue weighted by atomic mass is 35.5. The molecule has 3 aliphatic heterocycles. The number of nitrogens with one attached hydrogen (secondary N) is 1. The molecule has 4 aromatic carbocycles. The van der Waals surface area contributed by atoms with Crippen LogP contribution in [0.2, 0.25) is 5.02 Å². The van der Waals surface area contributed by atoms with Crippen molar-refractivity contribution < 1.29 is 23.9 Å². The smallest absolute Gasteiger partial charge is 0.238 e. The molecule has 1 N–H and O–H groups in total. The summed E-state index contributed by atoms with van der Waals surface area (Å²) < 4.78 is 10.9. The van der Waals surface area contributed by atoms with E-state index >= 15 is 4.79 Å². The number of fused-ring (bicyclic) bond motifs is 6. The number of methoxy groups -OCH3 is 2. The normalized spacial score (nSPS) is 22.9. The van der Waals surface area contributed by atoms with E-state index in [-0.39, 0.29) is 28.1 Å². The molecule has 8 heteroatoms. The van der Waals surface area contributed by atoms with Crippen LogP contribution < -0.4 is 14.8 Å². The van der Waals surface area contributed by atoms with Gasteiger partial charge in [0.05, 0.1) is 31.2 Å². The summed E-state index contributed by atoms with van der Waals surface area (Å²) in [5, 5.41) is 3.34. The van der Waals surface area contributed by atoms with Crippen molar-refractivity contribution in [3.8, 4) is 11.5 Å². The Kier molecular flexibility index (Phi) is 6.36. The van der Waals surface area contributed by atoms with Crippen molar-refractivity contribution in [2.24, 2.45) is 5.92 Å². The Morgan fingerprint density at radius 1 is 0.860 bits per heavy atom. The Labute approximate surface area is 253 Å². The van der Waals surface area contributed by atoms with Gasteiger partial charge < -0.3 is 19.7 Å². The van der Waals surface area contributed by atoms with Crippen LogP contribution in [0, 0.1) is 5.92 Å². The molecular formula is C35H27ClN2O5. The maximum absolute atomic E-state index is 15.0. The summed E-state index contributed by atoms with van der Waals surface area (Å²) >= 11 is 6.58. The Balaban J connectivity index is 1.54. The first kappa shape index (κ1) is 27.0. The highest BCUT2D eigenvalue weighted by Crippen LogP contribution is 2.62. The van der Waals surface area contributed by atoms with Gasteiger partial charge in [0.1, 0.15) is 11.5 Å². The number of rotatable bonds is 6. The van der Waals surface area contributed by atoms with Crippen molar-refractivity contribution in [1.29, 1.82) is 0 Å². The number of Topliss-reactive ketones (excluding diaryl/α,β-unsaturated/α-hetero) is 2. The Morgan fingerprint density at radius 3 is 2.37 bits per heavy atom. The number of carbonyl (C=O) groups excluding carboxylic acids is 3. The minimum absolute atomic E-state index is 0.278. The van der Waals surface area contributed by atoms with Gasteiger partial charge in [0, 0.05) is 23.0 Å². The number of amides is 1. The molecule has 7 rings (SSSR count). The number of hydrogen-bond donors (Lipinski definition) is 1. The molecule has 1 fully saturated rings. The lowest BCUT2D eigenvalue weighted by Gasteiger charge is -2.38. The number of carbonyl (C=O) groups is 3. The molecule has 0 bridgehead atoms. The molecule has 1 amide bonds. The minimum Gasteiger partial charge on any atom is -0.493 e.